The Labute approximate surface area is 93.6 Å². The van der Waals surface area contributed by atoms with Crippen LogP contribution >= 0.6 is 0 Å². The first-order valence-corrected chi connectivity index (χ1v) is 6.06. The van der Waals surface area contributed by atoms with Crippen molar-refractivity contribution in [2.24, 2.45) is 11.7 Å². The fraction of sp³-hybridized carbons (Fsp3) is 0.846. The number of terminal acetylenes is 1. The van der Waals surface area contributed by atoms with Gasteiger partial charge in [-0.05, 0) is 44.9 Å². The van der Waals surface area contributed by atoms with Gasteiger partial charge < -0.3 is 10.5 Å². The van der Waals surface area contributed by atoms with Crippen LogP contribution < -0.4 is 5.73 Å². The van der Waals surface area contributed by atoms with Crippen molar-refractivity contribution in [2.75, 3.05) is 6.61 Å². The van der Waals surface area contributed by atoms with Gasteiger partial charge in [-0.1, -0.05) is 0 Å². The minimum absolute atomic E-state index is 0.339. The van der Waals surface area contributed by atoms with Crippen molar-refractivity contribution in [1.29, 1.82) is 0 Å². The molecule has 2 nitrogen and oxygen atoms in total. The van der Waals surface area contributed by atoms with E-state index in [1.54, 1.807) is 0 Å². The Bertz CT molecular complexity index is 203. The smallest absolute Gasteiger partial charge is 0.0580 e. The Kier molecular flexibility index (Phi) is 5.75. The molecular weight excluding hydrogens is 186 g/mol. The lowest BCUT2D eigenvalue weighted by Crippen LogP contribution is -2.35. The molecule has 0 saturated heterocycles. The lowest BCUT2D eigenvalue weighted by molar-refractivity contribution is -0.0283. The summed E-state index contributed by atoms with van der Waals surface area (Å²) >= 11 is 0. The Balaban J connectivity index is 1.98. The lowest BCUT2D eigenvalue weighted by atomic mass is 9.77. The highest BCUT2D eigenvalue weighted by atomic mass is 16.5. The average Bonchev–Trinajstić information content (AvgIpc) is 2.15. The standard InChI is InChI=1S/C13H23NO/c1-3-5-6-7-12(14)8-11-9-13(10-11)15-4-2/h1,11-13H,4-10,14H2,2H3. The number of hydrogen-bond acceptors (Lipinski definition) is 2. The first kappa shape index (κ1) is 12.5. The number of hydrogen-bond donors (Lipinski definition) is 1. The number of ether oxygens (including phenoxy) is 1. The molecule has 1 unspecified atom stereocenters. The highest BCUT2D eigenvalue weighted by Crippen LogP contribution is 2.33. The zero-order chi connectivity index (χ0) is 11.1. The first-order valence-electron chi connectivity index (χ1n) is 6.06. The van der Waals surface area contributed by atoms with Gasteiger partial charge in [-0.3, -0.25) is 0 Å². The van der Waals surface area contributed by atoms with E-state index in [9.17, 15) is 0 Å². The van der Waals surface area contributed by atoms with Gasteiger partial charge >= 0.3 is 0 Å². The summed E-state index contributed by atoms with van der Waals surface area (Å²) in [5.41, 5.74) is 6.03. The zero-order valence-corrected chi connectivity index (χ0v) is 9.74. The van der Waals surface area contributed by atoms with E-state index < -0.39 is 0 Å². The van der Waals surface area contributed by atoms with Crippen LogP contribution in [0.2, 0.25) is 0 Å². The Morgan fingerprint density at radius 1 is 1.53 bits per heavy atom. The van der Waals surface area contributed by atoms with Gasteiger partial charge in [-0.25, -0.2) is 0 Å². The Morgan fingerprint density at radius 3 is 2.87 bits per heavy atom. The van der Waals surface area contributed by atoms with Gasteiger partial charge in [0.15, 0.2) is 0 Å². The van der Waals surface area contributed by atoms with Crippen LogP contribution in [-0.2, 0) is 4.74 Å². The molecule has 15 heavy (non-hydrogen) atoms. The third-order valence-corrected chi connectivity index (χ3v) is 3.13. The van der Waals surface area contributed by atoms with Gasteiger partial charge in [-0.15, -0.1) is 12.3 Å². The van der Waals surface area contributed by atoms with E-state index in [2.05, 4.69) is 12.8 Å². The van der Waals surface area contributed by atoms with Gasteiger partial charge in [0.25, 0.3) is 0 Å². The van der Waals surface area contributed by atoms with Gasteiger partial charge in [-0.2, -0.15) is 0 Å². The van der Waals surface area contributed by atoms with E-state index in [-0.39, 0.29) is 0 Å². The van der Waals surface area contributed by atoms with E-state index in [4.69, 9.17) is 16.9 Å². The van der Waals surface area contributed by atoms with Crippen molar-refractivity contribution in [3.8, 4) is 12.3 Å². The molecular formula is C13H23NO. The van der Waals surface area contributed by atoms with Gasteiger partial charge in [0.1, 0.15) is 0 Å². The first-order chi connectivity index (χ1) is 7.26. The predicted molar refractivity (Wildman–Crippen MR) is 63.4 cm³/mol. The molecule has 0 spiro atoms. The minimum Gasteiger partial charge on any atom is -0.378 e. The molecule has 1 atom stereocenters. The molecule has 0 bridgehead atoms. The van der Waals surface area contributed by atoms with Crippen molar-refractivity contribution >= 4 is 0 Å². The molecule has 0 aromatic carbocycles. The summed E-state index contributed by atoms with van der Waals surface area (Å²) in [6, 6.07) is 0.339. The van der Waals surface area contributed by atoms with Gasteiger partial charge in [0.05, 0.1) is 6.10 Å². The van der Waals surface area contributed by atoms with E-state index in [0.29, 0.717) is 12.1 Å². The summed E-state index contributed by atoms with van der Waals surface area (Å²) in [6.45, 7) is 2.89. The maximum atomic E-state index is 6.03. The Hall–Kier alpha value is -0.520. The molecule has 1 saturated carbocycles. The second-order valence-electron chi connectivity index (χ2n) is 4.51. The summed E-state index contributed by atoms with van der Waals surface area (Å²) in [5.74, 6) is 3.45. The molecule has 0 aromatic heterocycles. The summed E-state index contributed by atoms with van der Waals surface area (Å²) < 4.78 is 5.52. The van der Waals surface area contributed by atoms with E-state index in [1.165, 1.54) is 12.8 Å². The molecule has 86 valence electrons. The molecule has 1 rings (SSSR count). The molecule has 1 fully saturated rings. The minimum atomic E-state index is 0.339. The zero-order valence-electron chi connectivity index (χ0n) is 9.74. The average molecular weight is 209 g/mol. The molecule has 0 heterocycles. The number of unbranched alkanes of at least 4 members (excludes halogenated alkanes) is 1. The number of nitrogens with two attached hydrogens (primary N) is 1. The van der Waals surface area contributed by atoms with Crippen LogP contribution in [-0.4, -0.2) is 18.8 Å². The predicted octanol–water partition coefficient (Wildman–Crippen LogP) is 2.32. The summed E-state index contributed by atoms with van der Waals surface area (Å²) in [7, 11) is 0. The maximum absolute atomic E-state index is 6.03. The van der Waals surface area contributed by atoms with Crippen molar-refractivity contribution in [2.45, 2.75) is 57.6 Å². The van der Waals surface area contributed by atoms with Crippen LogP contribution in [0.15, 0.2) is 0 Å². The molecule has 2 heteroatoms. The topological polar surface area (TPSA) is 35.2 Å². The summed E-state index contributed by atoms with van der Waals surface area (Å²) in [5, 5.41) is 0. The van der Waals surface area contributed by atoms with Gasteiger partial charge in [0.2, 0.25) is 0 Å². The SMILES string of the molecule is C#CCCCC(N)CC1CC(OCC)C1. The van der Waals surface area contributed by atoms with Crippen molar-refractivity contribution in [1.82, 2.24) is 0 Å². The summed E-state index contributed by atoms with van der Waals surface area (Å²) in [6.07, 6.45) is 12.3. The molecule has 1 aliphatic carbocycles. The quantitative estimate of drug-likeness (QED) is 0.516. The molecule has 1 aliphatic rings. The third kappa shape index (κ3) is 4.68. The molecule has 0 radical (unpaired) electrons. The van der Waals surface area contributed by atoms with Crippen LogP contribution in [0.25, 0.3) is 0 Å². The normalized spacial score (nSPS) is 26.7. The fourth-order valence-electron chi connectivity index (χ4n) is 2.25. The fourth-order valence-corrected chi connectivity index (χ4v) is 2.25. The van der Waals surface area contributed by atoms with Crippen LogP contribution in [0, 0.1) is 18.3 Å². The van der Waals surface area contributed by atoms with Crippen LogP contribution in [0.1, 0.15) is 45.4 Å². The second-order valence-corrected chi connectivity index (χ2v) is 4.51. The van der Waals surface area contributed by atoms with Crippen molar-refractivity contribution in [3.63, 3.8) is 0 Å². The molecule has 0 aromatic rings. The largest absolute Gasteiger partial charge is 0.378 e. The Morgan fingerprint density at radius 2 is 2.27 bits per heavy atom. The molecule has 2 N–H and O–H groups in total. The highest BCUT2D eigenvalue weighted by molar-refractivity contribution is 4.85. The molecule has 0 aliphatic heterocycles. The third-order valence-electron chi connectivity index (χ3n) is 3.13. The van der Waals surface area contributed by atoms with E-state index in [1.807, 2.05) is 0 Å². The van der Waals surface area contributed by atoms with Crippen molar-refractivity contribution in [3.05, 3.63) is 0 Å². The maximum Gasteiger partial charge on any atom is 0.0580 e. The van der Waals surface area contributed by atoms with Crippen molar-refractivity contribution < 1.29 is 4.74 Å². The van der Waals surface area contributed by atoms with E-state index in [0.717, 1.165) is 38.2 Å². The van der Waals surface area contributed by atoms with Gasteiger partial charge in [0, 0.05) is 19.1 Å². The van der Waals surface area contributed by atoms with Crippen LogP contribution in [0.4, 0.5) is 0 Å². The molecule has 0 amide bonds. The van der Waals surface area contributed by atoms with E-state index >= 15 is 0 Å². The monoisotopic (exact) mass is 209 g/mol. The van der Waals surface area contributed by atoms with Crippen LogP contribution in [0.3, 0.4) is 0 Å². The van der Waals surface area contributed by atoms with Crippen LogP contribution in [0.5, 0.6) is 0 Å². The number of rotatable bonds is 7. The highest BCUT2D eigenvalue weighted by Gasteiger charge is 2.30. The second kappa shape index (κ2) is 6.87. The lowest BCUT2D eigenvalue weighted by Gasteiger charge is -2.36. The summed E-state index contributed by atoms with van der Waals surface area (Å²) in [4.78, 5) is 0.